The summed E-state index contributed by atoms with van der Waals surface area (Å²) in [5, 5.41) is 25.6. The number of urea groups is 1. The highest BCUT2D eigenvalue weighted by Gasteiger charge is 2.18. The molecule has 1 aromatic heterocycles. The second-order valence-electron chi connectivity index (χ2n) is 3.01. The van der Waals surface area contributed by atoms with Crippen LogP contribution in [0.3, 0.4) is 0 Å². The Morgan fingerprint density at radius 1 is 1.50 bits per heavy atom. The van der Waals surface area contributed by atoms with Crippen molar-refractivity contribution in [2.75, 3.05) is 11.9 Å². The molecule has 0 saturated heterocycles. The molecule has 0 aliphatic heterocycles. The molecule has 1 heterocycles. The van der Waals surface area contributed by atoms with E-state index < -0.39 is 18.0 Å². The summed E-state index contributed by atoms with van der Waals surface area (Å²) < 4.78 is 0. The van der Waals surface area contributed by atoms with E-state index in [0.717, 1.165) is 0 Å². The Bertz CT molecular complexity index is 352. The maximum Gasteiger partial charge on any atom is 0.326 e. The average molecular weight is 244 g/mol. The van der Waals surface area contributed by atoms with Gasteiger partial charge in [-0.05, 0) is 11.4 Å². The second kappa shape index (κ2) is 6.09. The summed E-state index contributed by atoms with van der Waals surface area (Å²) in [7, 11) is 0. The van der Waals surface area contributed by atoms with E-state index in [1.54, 1.807) is 16.8 Å². The fourth-order valence-corrected chi connectivity index (χ4v) is 1.64. The molecule has 1 unspecified atom stereocenters. The maximum absolute atomic E-state index is 11.3. The van der Waals surface area contributed by atoms with Gasteiger partial charge in [0.25, 0.3) is 0 Å². The standard InChI is InChI=1S/C9H12N2O4S/c12-3-1-7(8(13)14)11-9(15)10-6-2-4-16-5-6/h2,4-5,7,12H,1,3H2,(H,13,14)(H2,10,11,15). The number of carboxylic acid groups (broad SMARTS) is 1. The van der Waals surface area contributed by atoms with E-state index in [-0.39, 0.29) is 13.0 Å². The molecule has 1 rings (SSSR count). The number of aliphatic hydroxyl groups is 1. The van der Waals surface area contributed by atoms with E-state index >= 15 is 0 Å². The van der Waals surface area contributed by atoms with Crippen molar-refractivity contribution < 1.29 is 19.8 Å². The minimum atomic E-state index is -1.17. The first-order valence-corrected chi connectivity index (χ1v) is 5.51. The van der Waals surface area contributed by atoms with Gasteiger partial charge >= 0.3 is 12.0 Å². The minimum Gasteiger partial charge on any atom is -0.480 e. The zero-order valence-electron chi connectivity index (χ0n) is 8.34. The Morgan fingerprint density at radius 2 is 2.25 bits per heavy atom. The van der Waals surface area contributed by atoms with E-state index in [1.165, 1.54) is 11.3 Å². The molecule has 0 radical (unpaired) electrons. The van der Waals surface area contributed by atoms with Crippen molar-refractivity contribution in [2.45, 2.75) is 12.5 Å². The van der Waals surface area contributed by atoms with Gasteiger partial charge in [-0.3, -0.25) is 0 Å². The van der Waals surface area contributed by atoms with Crippen molar-refractivity contribution in [3.05, 3.63) is 16.8 Å². The van der Waals surface area contributed by atoms with Crippen molar-refractivity contribution in [3.63, 3.8) is 0 Å². The first-order valence-electron chi connectivity index (χ1n) is 4.57. The minimum absolute atomic E-state index is 0.0214. The van der Waals surface area contributed by atoms with Crippen molar-refractivity contribution >= 4 is 29.0 Å². The number of carboxylic acids is 1. The SMILES string of the molecule is O=C(Nc1ccsc1)NC(CCO)C(=O)O. The van der Waals surface area contributed by atoms with Crippen LogP contribution in [0.2, 0.25) is 0 Å². The van der Waals surface area contributed by atoms with Gasteiger partial charge in [-0.1, -0.05) is 0 Å². The van der Waals surface area contributed by atoms with Gasteiger partial charge in [0, 0.05) is 18.4 Å². The summed E-state index contributed by atoms with van der Waals surface area (Å²) in [5.41, 5.74) is 0.607. The van der Waals surface area contributed by atoms with E-state index in [0.29, 0.717) is 5.69 Å². The summed E-state index contributed by atoms with van der Waals surface area (Å²) in [6.07, 6.45) is -0.0214. The number of rotatable bonds is 5. The van der Waals surface area contributed by atoms with Crippen LogP contribution in [-0.2, 0) is 4.79 Å². The van der Waals surface area contributed by atoms with Crippen molar-refractivity contribution in [3.8, 4) is 0 Å². The van der Waals surface area contributed by atoms with Crippen LogP contribution in [0.25, 0.3) is 0 Å². The van der Waals surface area contributed by atoms with Gasteiger partial charge in [0.05, 0.1) is 5.69 Å². The maximum atomic E-state index is 11.3. The predicted octanol–water partition coefficient (Wildman–Crippen LogP) is 0.705. The van der Waals surface area contributed by atoms with Gasteiger partial charge in [-0.15, -0.1) is 0 Å². The predicted molar refractivity (Wildman–Crippen MR) is 59.6 cm³/mol. The lowest BCUT2D eigenvalue weighted by Crippen LogP contribution is -2.43. The molecule has 7 heteroatoms. The largest absolute Gasteiger partial charge is 0.480 e. The number of amides is 2. The molecule has 0 aliphatic carbocycles. The number of aliphatic carboxylic acids is 1. The van der Waals surface area contributed by atoms with Gasteiger partial charge in [0.15, 0.2) is 0 Å². The zero-order chi connectivity index (χ0) is 12.0. The van der Waals surface area contributed by atoms with Crippen LogP contribution < -0.4 is 10.6 Å². The fraction of sp³-hybridized carbons (Fsp3) is 0.333. The molecule has 0 saturated carbocycles. The molecule has 6 nitrogen and oxygen atoms in total. The fourth-order valence-electron chi connectivity index (χ4n) is 1.05. The molecule has 1 atom stereocenters. The van der Waals surface area contributed by atoms with Gasteiger partial charge < -0.3 is 20.8 Å². The summed E-state index contributed by atoms with van der Waals surface area (Å²) >= 11 is 1.42. The van der Waals surface area contributed by atoms with Gasteiger partial charge in [-0.25, -0.2) is 9.59 Å². The highest BCUT2D eigenvalue weighted by molar-refractivity contribution is 7.08. The van der Waals surface area contributed by atoms with E-state index in [4.69, 9.17) is 10.2 Å². The number of hydrogen-bond acceptors (Lipinski definition) is 4. The molecule has 4 N–H and O–H groups in total. The number of aliphatic hydroxyl groups excluding tert-OH is 1. The van der Waals surface area contributed by atoms with Crippen LogP contribution >= 0.6 is 11.3 Å². The Balaban J connectivity index is 2.45. The Morgan fingerprint density at radius 3 is 2.75 bits per heavy atom. The number of anilines is 1. The third kappa shape index (κ3) is 3.87. The van der Waals surface area contributed by atoms with Crippen LogP contribution in [0.1, 0.15) is 6.42 Å². The summed E-state index contributed by atoms with van der Waals surface area (Å²) in [4.78, 5) is 22.0. The lowest BCUT2D eigenvalue weighted by molar-refractivity contribution is -0.139. The highest BCUT2D eigenvalue weighted by atomic mass is 32.1. The number of hydrogen-bond donors (Lipinski definition) is 4. The topological polar surface area (TPSA) is 98.7 Å². The molecular formula is C9H12N2O4S. The first-order chi connectivity index (χ1) is 7.63. The number of carbonyl (C=O) groups excluding carboxylic acids is 1. The average Bonchev–Trinajstić information content (AvgIpc) is 2.69. The zero-order valence-corrected chi connectivity index (χ0v) is 9.16. The third-order valence-electron chi connectivity index (χ3n) is 1.80. The lowest BCUT2D eigenvalue weighted by atomic mass is 10.2. The molecular weight excluding hydrogens is 232 g/mol. The van der Waals surface area contributed by atoms with Crippen molar-refractivity contribution in [1.82, 2.24) is 5.32 Å². The van der Waals surface area contributed by atoms with Gasteiger partial charge in [0.2, 0.25) is 0 Å². The van der Waals surface area contributed by atoms with E-state index in [1.807, 2.05) is 0 Å². The van der Waals surface area contributed by atoms with Crippen LogP contribution in [0.5, 0.6) is 0 Å². The Labute approximate surface area is 95.9 Å². The second-order valence-corrected chi connectivity index (χ2v) is 3.79. The lowest BCUT2D eigenvalue weighted by Gasteiger charge is -2.13. The molecule has 0 spiro atoms. The van der Waals surface area contributed by atoms with Gasteiger partial charge in [-0.2, -0.15) is 11.3 Å². The molecule has 88 valence electrons. The van der Waals surface area contributed by atoms with Crippen LogP contribution in [0.4, 0.5) is 10.5 Å². The third-order valence-corrected chi connectivity index (χ3v) is 2.48. The Hall–Kier alpha value is -1.60. The monoisotopic (exact) mass is 244 g/mol. The van der Waals surface area contributed by atoms with Crippen molar-refractivity contribution in [2.24, 2.45) is 0 Å². The summed E-state index contributed by atoms with van der Waals surface area (Å²) in [6, 6.07) is 0.0226. The number of nitrogens with one attached hydrogen (secondary N) is 2. The molecule has 0 aromatic carbocycles. The van der Waals surface area contributed by atoms with Gasteiger partial charge in [0.1, 0.15) is 6.04 Å². The molecule has 1 aromatic rings. The quantitative estimate of drug-likeness (QED) is 0.613. The summed E-state index contributed by atoms with van der Waals surface area (Å²) in [5.74, 6) is -1.17. The number of thiophene rings is 1. The first kappa shape index (κ1) is 12.5. The molecule has 0 aliphatic rings. The van der Waals surface area contributed by atoms with E-state index in [2.05, 4.69) is 10.6 Å². The molecule has 0 fully saturated rings. The highest BCUT2D eigenvalue weighted by Crippen LogP contribution is 2.11. The van der Waals surface area contributed by atoms with Crippen molar-refractivity contribution in [1.29, 1.82) is 0 Å². The molecule has 2 amide bonds. The van der Waals surface area contributed by atoms with Crippen LogP contribution in [-0.4, -0.2) is 34.9 Å². The number of carbonyl (C=O) groups is 2. The Kier molecular flexibility index (Phi) is 4.74. The summed E-state index contributed by atoms with van der Waals surface area (Å²) in [6.45, 7) is -0.296. The van der Waals surface area contributed by atoms with Crippen LogP contribution in [0.15, 0.2) is 16.8 Å². The normalized spacial score (nSPS) is 11.8. The smallest absolute Gasteiger partial charge is 0.326 e. The molecule has 0 bridgehead atoms. The molecule has 16 heavy (non-hydrogen) atoms. The van der Waals surface area contributed by atoms with E-state index in [9.17, 15) is 9.59 Å². The van der Waals surface area contributed by atoms with Crippen LogP contribution in [0, 0.1) is 0 Å².